The number of ether oxygens (including phenoxy) is 1. The maximum absolute atomic E-state index is 12.5. The number of fused-ring (bicyclic) bond motifs is 2. The molecule has 168 valence electrons. The maximum atomic E-state index is 12.5. The molecule has 5 heterocycles. The zero-order chi connectivity index (χ0) is 22.2. The number of nitrogens with two attached hydrogens (primary N) is 1. The van der Waals surface area contributed by atoms with E-state index in [2.05, 4.69) is 20.9 Å². The molecule has 5 aliphatic rings. The average Bonchev–Trinajstić information content (AvgIpc) is 3.13. The lowest BCUT2D eigenvalue weighted by Crippen LogP contribution is -2.37. The van der Waals surface area contributed by atoms with Crippen molar-refractivity contribution in [1.29, 1.82) is 0 Å². The Balaban J connectivity index is 1.26. The summed E-state index contributed by atoms with van der Waals surface area (Å²) in [5.74, 6) is 3.04. The molecule has 3 saturated heterocycles. The topological polar surface area (TPSA) is 110 Å². The van der Waals surface area contributed by atoms with Crippen LogP contribution in [0.2, 0.25) is 0 Å². The van der Waals surface area contributed by atoms with E-state index in [1.807, 2.05) is 25.7 Å². The van der Waals surface area contributed by atoms with Gasteiger partial charge in [0.05, 0.1) is 11.4 Å². The third kappa shape index (κ3) is 3.34. The highest BCUT2D eigenvalue weighted by Crippen LogP contribution is 2.58. The Kier molecular flexibility index (Phi) is 4.16. The smallest absolute Gasteiger partial charge is 0.410 e. The number of nitrogens with zero attached hydrogens (tertiary/aromatic N) is 6. The maximum Gasteiger partial charge on any atom is 0.410 e. The first-order valence-electron chi connectivity index (χ1n) is 11.5. The highest BCUT2D eigenvalue weighted by Gasteiger charge is 2.58. The Labute approximate surface area is 187 Å². The molecule has 0 unspecified atom stereocenters. The van der Waals surface area contributed by atoms with Gasteiger partial charge in [0.2, 0.25) is 11.9 Å². The second-order valence-corrected chi connectivity index (χ2v) is 10.7. The molecule has 7 rings (SSSR count). The SMILES string of the molecule is CC(C)(C)OC(=O)N1C[C@@H]2[C@H](C1)[C@H]2c1cc(-c2cnc(N)nc2)nc(N2CC3CC2C3)n1. The highest BCUT2D eigenvalue weighted by molar-refractivity contribution is 5.69. The van der Waals surface area contributed by atoms with Gasteiger partial charge in [-0.2, -0.15) is 0 Å². The van der Waals surface area contributed by atoms with Gasteiger partial charge in [-0.1, -0.05) is 0 Å². The van der Waals surface area contributed by atoms with Gasteiger partial charge in [0.15, 0.2) is 0 Å². The van der Waals surface area contributed by atoms with Gasteiger partial charge in [0.25, 0.3) is 0 Å². The van der Waals surface area contributed by atoms with Gasteiger partial charge in [-0.15, -0.1) is 0 Å². The molecular formula is C23H29N7O2. The molecule has 1 amide bonds. The molecule has 9 heteroatoms. The monoisotopic (exact) mass is 435 g/mol. The van der Waals surface area contributed by atoms with E-state index in [9.17, 15) is 4.79 Å². The zero-order valence-electron chi connectivity index (χ0n) is 18.7. The van der Waals surface area contributed by atoms with Crippen molar-refractivity contribution in [2.45, 2.75) is 51.2 Å². The molecule has 2 N–H and O–H groups in total. The number of carbonyl (C=O) groups excluding carboxylic acids is 1. The fourth-order valence-electron chi connectivity index (χ4n) is 5.59. The van der Waals surface area contributed by atoms with E-state index in [1.54, 1.807) is 12.4 Å². The Bertz CT molecular complexity index is 1050. The summed E-state index contributed by atoms with van der Waals surface area (Å²) in [5.41, 5.74) is 7.94. The van der Waals surface area contributed by atoms with E-state index < -0.39 is 5.60 Å². The van der Waals surface area contributed by atoms with Gasteiger partial charge in [-0.3, -0.25) is 0 Å². The number of carbonyl (C=O) groups is 1. The van der Waals surface area contributed by atoms with E-state index in [0.717, 1.165) is 48.5 Å². The third-order valence-corrected chi connectivity index (χ3v) is 7.25. The second-order valence-electron chi connectivity index (χ2n) is 10.7. The van der Waals surface area contributed by atoms with E-state index in [0.29, 0.717) is 23.8 Å². The minimum absolute atomic E-state index is 0.219. The summed E-state index contributed by atoms with van der Waals surface area (Å²) in [6.07, 6.45) is 5.71. The minimum Gasteiger partial charge on any atom is -0.444 e. The lowest BCUT2D eigenvalue weighted by Gasteiger charge is -2.27. The number of likely N-dealkylation sites (tertiary alicyclic amines) is 1. The van der Waals surface area contributed by atoms with Crippen molar-refractivity contribution in [2.75, 3.05) is 30.3 Å². The summed E-state index contributed by atoms with van der Waals surface area (Å²) < 4.78 is 5.55. The zero-order valence-corrected chi connectivity index (χ0v) is 18.7. The van der Waals surface area contributed by atoms with Crippen LogP contribution in [0.25, 0.3) is 11.3 Å². The Morgan fingerprint density at radius 2 is 1.78 bits per heavy atom. The van der Waals surface area contributed by atoms with Crippen LogP contribution in [0.15, 0.2) is 18.5 Å². The summed E-state index contributed by atoms with van der Waals surface area (Å²) in [6.45, 7) is 8.18. The van der Waals surface area contributed by atoms with Crippen LogP contribution < -0.4 is 10.6 Å². The van der Waals surface area contributed by atoms with Crippen molar-refractivity contribution in [3.05, 3.63) is 24.2 Å². The molecule has 0 radical (unpaired) electrons. The summed E-state index contributed by atoms with van der Waals surface area (Å²) in [7, 11) is 0. The number of piperidine rings is 1. The molecule has 2 aromatic rings. The predicted octanol–water partition coefficient (Wildman–Crippen LogP) is 2.69. The first kappa shape index (κ1) is 19.7. The van der Waals surface area contributed by atoms with Gasteiger partial charge in [0, 0.05) is 49.6 Å². The number of nitrogen functional groups attached to an aromatic ring is 1. The molecule has 2 aliphatic carbocycles. The molecule has 2 saturated carbocycles. The van der Waals surface area contributed by atoms with Crippen LogP contribution in [0.3, 0.4) is 0 Å². The summed E-state index contributed by atoms with van der Waals surface area (Å²) >= 11 is 0. The quantitative estimate of drug-likeness (QED) is 0.783. The minimum atomic E-state index is -0.475. The van der Waals surface area contributed by atoms with Crippen molar-refractivity contribution in [2.24, 2.45) is 17.8 Å². The van der Waals surface area contributed by atoms with Gasteiger partial charge in [-0.25, -0.2) is 24.7 Å². The van der Waals surface area contributed by atoms with E-state index >= 15 is 0 Å². The van der Waals surface area contributed by atoms with E-state index in [-0.39, 0.29) is 12.0 Å². The van der Waals surface area contributed by atoms with Crippen molar-refractivity contribution in [3.8, 4) is 11.3 Å². The van der Waals surface area contributed by atoms with Crippen LogP contribution >= 0.6 is 0 Å². The second kappa shape index (κ2) is 6.76. The number of hydrogen-bond acceptors (Lipinski definition) is 8. The fourth-order valence-corrected chi connectivity index (χ4v) is 5.59. The first-order valence-corrected chi connectivity index (χ1v) is 11.5. The molecule has 2 aromatic heterocycles. The summed E-state index contributed by atoms with van der Waals surface area (Å²) in [5, 5.41) is 0. The van der Waals surface area contributed by atoms with Crippen LogP contribution in [0.1, 0.15) is 45.2 Å². The van der Waals surface area contributed by atoms with Crippen LogP contribution in [0.5, 0.6) is 0 Å². The lowest BCUT2D eigenvalue weighted by atomic mass is 9.86. The molecule has 0 aromatic carbocycles. The number of anilines is 2. The molecular weight excluding hydrogens is 406 g/mol. The summed E-state index contributed by atoms with van der Waals surface area (Å²) in [6, 6.07) is 2.63. The molecule has 3 atom stereocenters. The van der Waals surface area contributed by atoms with Crippen LogP contribution in [-0.2, 0) is 4.74 Å². The van der Waals surface area contributed by atoms with Gasteiger partial charge in [0.1, 0.15) is 5.60 Å². The molecule has 32 heavy (non-hydrogen) atoms. The molecule has 2 bridgehead atoms. The number of amides is 1. The Morgan fingerprint density at radius 1 is 1.09 bits per heavy atom. The largest absolute Gasteiger partial charge is 0.444 e. The third-order valence-electron chi connectivity index (χ3n) is 7.25. The fraction of sp³-hybridized carbons (Fsp3) is 0.609. The highest BCUT2D eigenvalue weighted by atomic mass is 16.6. The van der Waals surface area contributed by atoms with Crippen molar-refractivity contribution in [3.63, 3.8) is 0 Å². The van der Waals surface area contributed by atoms with E-state index in [1.165, 1.54) is 12.8 Å². The van der Waals surface area contributed by atoms with Crippen LogP contribution in [-0.4, -0.2) is 62.2 Å². The standard InChI is InChI=1S/C23H29N7O2/c1-23(2,3)32-22(31)29-10-15-16(11-29)19(15)18-6-17(13-7-25-20(24)26-8-13)27-21(28-18)30-9-12-4-14(30)5-12/h6-8,12,14-16,19H,4-5,9-11H2,1-3H3,(H2,24,25,26)/t12?,14?,15-,16+,19+. The molecule has 5 fully saturated rings. The Morgan fingerprint density at radius 3 is 2.38 bits per heavy atom. The van der Waals surface area contributed by atoms with E-state index in [4.69, 9.17) is 20.4 Å². The van der Waals surface area contributed by atoms with Gasteiger partial charge in [-0.05, 0) is 57.4 Å². The summed E-state index contributed by atoms with van der Waals surface area (Å²) in [4.78, 5) is 34.9. The van der Waals surface area contributed by atoms with Crippen molar-refractivity contribution < 1.29 is 9.53 Å². The predicted molar refractivity (Wildman–Crippen MR) is 119 cm³/mol. The molecule has 9 nitrogen and oxygen atoms in total. The Hall–Kier alpha value is -2.97. The normalized spacial score (nSPS) is 30.2. The van der Waals surface area contributed by atoms with Gasteiger partial charge >= 0.3 is 6.09 Å². The lowest BCUT2D eigenvalue weighted by molar-refractivity contribution is 0.0270. The molecule has 0 spiro atoms. The van der Waals surface area contributed by atoms with Crippen LogP contribution in [0.4, 0.5) is 16.7 Å². The van der Waals surface area contributed by atoms with Crippen molar-refractivity contribution >= 4 is 18.0 Å². The average molecular weight is 436 g/mol. The number of hydrogen-bond donors (Lipinski definition) is 1. The van der Waals surface area contributed by atoms with Gasteiger partial charge < -0.3 is 20.3 Å². The number of rotatable bonds is 3. The first-order chi connectivity index (χ1) is 15.2. The molecule has 3 aliphatic heterocycles. The van der Waals surface area contributed by atoms with Crippen molar-refractivity contribution in [1.82, 2.24) is 24.8 Å². The number of aromatic nitrogens is 4. The van der Waals surface area contributed by atoms with Crippen LogP contribution in [0, 0.1) is 17.8 Å².